The lowest BCUT2D eigenvalue weighted by Crippen LogP contribution is -2.37. The van der Waals surface area contributed by atoms with Crippen molar-refractivity contribution in [1.82, 2.24) is 5.32 Å². The van der Waals surface area contributed by atoms with Crippen LogP contribution >= 0.6 is 0 Å². The Morgan fingerprint density at radius 2 is 1.56 bits per heavy atom. The van der Waals surface area contributed by atoms with Crippen LogP contribution in [0.15, 0.2) is 48.5 Å². The van der Waals surface area contributed by atoms with E-state index in [2.05, 4.69) is 10.6 Å². The third-order valence-electron chi connectivity index (χ3n) is 3.82. The number of halogens is 1. The minimum atomic E-state index is -1.00. The fourth-order valence-electron chi connectivity index (χ4n) is 2.34. The minimum absolute atomic E-state index is 0.217. The predicted octanol–water partition coefficient (Wildman–Crippen LogP) is 3.21. The van der Waals surface area contributed by atoms with Crippen molar-refractivity contribution in [1.29, 1.82) is 0 Å². The maximum Gasteiger partial charge on any atom is 0.338 e. The number of benzene rings is 2. The van der Waals surface area contributed by atoms with Crippen LogP contribution in [0.4, 0.5) is 10.1 Å². The molecule has 0 aliphatic heterocycles. The van der Waals surface area contributed by atoms with Gasteiger partial charge in [-0.1, -0.05) is 12.1 Å². The number of anilines is 1. The van der Waals surface area contributed by atoms with E-state index in [-0.39, 0.29) is 23.3 Å². The highest BCUT2D eigenvalue weighted by Gasteiger charge is 2.21. The van der Waals surface area contributed by atoms with Gasteiger partial charge < -0.3 is 15.4 Å². The van der Waals surface area contributed by atoms with Crippen LogP contribution in [-0.4, -0.2) is 23.9 Å². The Labute approximate surface area is 156 Å². The van der Waals surface area contributed by atoms with Crippen LogP contribution in [-0.2, 0) is 14.3 Å². The van der Waals surface area contributed by atoms with E-state index in [1.165, 1.54) is 38.1 Å². The third-order valence-corrected chi connectivity index (χ3v) is 3.82. The Morgan fingerprint density at radius 3 is 2.11 bits per heavy atom. The van der Waals surface area contributed by atoms with Gasteiger partial charge in [0, 0.05) is 12.6 Å². The van der Waals surface area contributed by atoms with Crippen molar-refractivity contribution in [3.8, 4) is 0 Å². The zero-order valence-corrected chi connectivity index (χ0v) is 15.3. The lowest BCUT2D eigenvalue weighted by molar-refractivity contribution is -0.129. The molecule has 0 aromatic heterocycles. The zero-order chi connectivity index (χ0) is 20.0. The quantitative estimate of drug-likeness (QED) is 0.763. The van der Waals surface area contributed by atoms with Crippen LogP contribution in [0.25, 0.3) is 0 Å². The first-order chi connectivity index (χ1) is 12.8. The molecule has 0 aliphatic rings. The van der Waals surface area contributed by atoms with Gasteiger partial charge in [0.15, 0.2) is 6.10 Å². The molecule has 0 bridgehead atoms. The number of hydrogen-bond donors (Lipinski definition) is 2. The molecule has 2 amide bonds. The molecule has 2 rings (SSSR count). The highest BCUT2D eigenvalue weighted by molar-refractivity contribution is 5.93. The topological polar surface area (TPSA) is 84.5 Å². The molecule has 0 radical (unpaired) electrons. The molecule has 0 heterocycles. The van der Waals surface area contributed by atoms with Gasteiger partial charge in [0.05, 0.1) is 11.6 Å². The van der Waals surface area contributed by atoms with E-state index in [0.29, 0.717) is 5.69 Å². The second-order valence-corrected chi connectivity index (χ2v) is 6.09. The summed E-state index contributed by atoms with van der Waals surface area (Å²) < 4.78 is 18.1. The van der Waals surface area contributed by atoms with E-state index in [1.807, 2.05) is 0 Å². The number of ether oxygens (including phenoxy) is 1. The van der Waals surface area contributed by atoms with Crippen LogP contribution in [0.5, 0.6) is 0 Å². The summed E-state index contributed by atoms with van der Waals surface area (Å²) in [6.07, 6.45) is -1.00. The number of carbonyl (C=O) groups is 3. The lowest BCUT2D eigenvalue weighted by Gasteiger charge is -2.18. The average Bonchev–Trinajstić information content (AvgIpc) is 2.62. The molecule has 0 fully saturated rings. The molecule has 0 saturated heterocycles. The van der Waals surface area contributed by atoms with Crippen LogP contribution in [0.1, 0.15) is 42.7 Å². The van der Waals surface area contributed by atoms with Crippen molar-refractivity contribution in [3.63, 3.8) is 0 Å². The maximum absolute atomic E-state index is 13.0. The van der Waals surface area contributed by atoms with Crippen molar-refractivity contribution in [2.75, 3.05) is 5.32 Å². The Balaban J connectivity index is 1.91. The fourth-order valence-corrected chi connectivity index (χ4v) is 2.34. The Morgan fingerprint density at radius 1 is 0.963 bits per heavy atom. The molecular formula is C20H21FN2O4. The number of rotatable bonds is 6. The smallest absolute Gasteiger partial charge is 0.338 e. The van der Waals surface area contributed by atoms with Gasteiger partial charge in [-0.2, -0.15) is 0 Å². The monoisotopic (exact) mass is 372 g/mol. The molecule has 0 aliphatic carbocycles. The van der Waals surface area contributed by atoms with Crippen molar-refractivity contribution in [2.45, 2.75) is 32.9 Å². The number of amides is 2. The van der Waals surface area contributed by atoms with E-state index < -0.39 is 18.0 Å². The molecule has 0 spiro atoms. The molecule has 2 aromatic rings. The number of carbonyl (C=O) groups excluding carboxylic acids is 3. The van der Waals surface area contributed by atoms with E-state index in [1.54, 1.807) is 31.2 Å². The summed E-state index contributed by atoms with van der Waals surface area (Å²) in [7, 11) is 0. The molecular weight excluding hydrogens is 351 g/mol. The van der Waals surface area contributed by atoms with Gasteiger partial charge in [0.2, 0.25) is 5.91 Å². The van der Waals surface area contributed by atoms with Gasteiger partial charge in [-0.05, 0) is 55.8 Å². The molecule has 0 unspecified atom stereocenters. The first-order valence-electron chi connectivity index (χ1n) is 8.40. The van der Waals surface area contributed by atoms with Crippen molar-refractivity contribution in [3.05, 3.63) is 65.5 Å². The Kier molecular flexibility index (Phi) is 6.65. The van der Waals surface area contributed by atoms with E-state index in [9.17, 15) is 18.8 Å². The Bertz CT molecular complexity index is 819. The summed E-state index contributed by atoms with van der Waals surface area (Å²) in [5, 5.41) is 5.31. The summed E-state index contributed by atoms with van der Waals surface area (Å²) in [4.78, 5) is 35.4. The second kappa shape index (κ2) is 8.93. The van der Waals surface area contributed by atoms with E-state index >= 15 is 0 Å². The Hall–Kier alpha value is -3.22. The summed E-state index contributed by atoms with van der Waals surface area (Å²) in [5.74, 6) is -1.69. The van der Waals surface area contributed by atoms with Gasteiger partial charge in [-0.3, -0.25) is 9.59 Å². The van der Waals surface area contributed by atoms with Crippen LogP contribution < -0.4 is 10.6 Å². The van der Waals surface area contributed by atoms with Gasteiger partial charge >= 0.3 is 5.97 Å². The summed E-state index contributed by atoms with van der Waals surface area (Å²) in [5.41, 5.74) is 1.55. The van der Waals surface area contributed by atoms with Gasteiger partial charge in [0.25, 0.3) is 5.91 Å². The minimum Gasteiger partial charge on any atom is -0.449 e. The molecule has 27 heavy (non-hydrogen) atoms. The molecule has 2 N–H and O–H groups in total. The molecule has 0 saturated carbocycles. The molecule has 2 atom stereocenters. The molecule has 142 valence electrons. The van der Waals surface area contributed by atoms with Gasteiger partial charge in [-0.25, -0.2) is 9.18 Å². The first kappa shape index (κ1) is 20.1. The van der Waals surface area contributed by atoms with Gasteiger partial charge in [-0.15, -0.1) is 0 Å². The standard InChI is InChI=1S/C20H21FN2O4/c1-12(15-4-8-17(21)9-5-15)22-19(25)13(2)27-20(26)16-6-10-18(11-7-16)23-14(3)24/h4-13H,1-3H3,(H,22,25)(H,23,24)/t12-,13+/m0/s1. The van der Waals surface area contributed by atoms with Crippen LogP contribution in [0.2, 0.25) is 0 Å². The average molecular weight is 372 g/mol. The predicted molar refractivity (Wildman–Crippen MR) is 98.6 cm³/mol. The second-order valence-electron chi connectivity index (χ2n) is 6.09. The fraction of sp³-hybridized carbons (Fsp3) is 0.250. The number of esters is 1. The van der Waals surface area contributed by atoms with Crippen LogP contribution in [0.3, 0.4) is 0 Å². The van der Waals surface area contributed by atoms with E-state index in [4.69, 9.17) is 4.74 Å². The molecule has 2 aromatic carbocycles. The SMILES string of the molecule is CC(=O)Nc1ccc(C(=O)O[C@H](C)C(=O)N[C@@H](C)c2ccc(F)cc2)cc1. The highest BCUT2D eigenvalue weighted by Crippen LogP contribution is 2.14. The maximum atomic E-state index is 13.0. The van der Waals surface area contributed by atoms with Gasteiger partial charge in [0.1, 0.15) is 5.82 Å². The van der Waals surface area contributed by atoms with Crippen molar-refractivity contribution < 1.29 is 23.5 Å². The summed E-state index contributed by atoms with van der Waals surface area (Å²) in [6.45, 7) is 4.60. The normalized spacial score (nSPS) is 12.6. The summed E-state index contributed by atoms with van der Waals surface area (Å²) in [6, 6.07) is 11.5. The largest absolute Gasteiger partial charge is 0.449 e. The first-order valence-corrected chi connectivity index (χ1v) is 8.40. The van der Waals surface area contributed by atoms with Crippen molar-refractivity contribution >= 4 is 23.5 Å². The number of hydrogen-bond acceptors (Lipinski definition) is 4. The summed E-state index contributed by atoms with van der Waals surface area (Å²) >= 11 is 0. The molecule has 6 nitrogen and oxygen atoms in total. The van der Waals surface area contributed by atoms with E-state index in [0.717, 1.165) is 5.56 Å². The zero-order valence-electron chi connectivity index (χ0n) is 15.3. The number of nitrogens with one attached hydrogen (secondary N) is 2. The molecule has 7 heteroatoms. The third kappa shape index (κ3) is 5.91. The van der Waals surface area contributed by atoms with Crippen LogP contribution in [0, 0.1) is 5.82 Å². The van der Waals surface area contributed by atoms with Crippen molar-refractivity contribution in [2.24, 2.45) is 0 Å². The lowest BCUT2D eigenvalue weighted by atomic mass is 10.1. The highest BCUT2D eigenvalue weighted by atomic mass is 19.1.